The van der Waals surface area contributed by atoms with Crippen molar-refractivity contribution >= 4 is 16.7 Å². The molecule has 0 aliphatic carbocycles. The van der Waals surface area contributed by atoms with Crippen LogP contribution in [0.4, 0.5) is 0 Å². The van der Waals surface area contributed by atoms with Gasteiger partial charge < -0.3 is 10.1 Å². The minimum Gasteiger partial charge on any atom is -0.480 e. The monoisotopic (exact) mass is 361 g/mol. The minimum absolute atomic E-state index is 0.0774. The summed E-state index contributed by atoms with van der Waals surface area (Å²) in [5.41, 5.74) is 0.847. The van der Waals surface area contributed by atoms with Crippen LogP contribution >= 0.6 is 0 Å². The molecule has 0 aromatic heterocycles. The van der Waals surface area contributed by atoms with Gasteiger partial charge in [-0.1, -0.05) is 73.7 Å². The Morgan fingerprint density at radius 3 is 2.37 bits per heavy atom. The van der Waals surface area contributed by atoms with Crippen LogP contribution in [0.15, 0.2) is 72.8 Å². The SMILES string of the molecule is CC[C@H](Oc1cccc2ccccc12)C(=O)NC(C)(C)Cc1ccccc1. The van der Waals surface area contributed by atoms with Gasteiger partial charge in [-0.15, -0.1) is 0 Å². The van der Waals surface area contributed by atoms with Gasteiger partial charge in [-0.05, 0) is 43.7 Å². The van der Waals surface area contributed by atoms with Crippen LogP contribution in [-0.2, 0) is 11.2 Å². The second-order valence-corrected chi connectivity index (χ2v) is 7.53. The standard InChI is InChI=1S/C24H27NO2/c1-4-21(27-22-16-10-14-19-13-8-9-15-20(19)22)23(26)25-24(2,3)17-18-11-6-5-7-12-18/h5-16,21H,4,17H2,1-3H3,(H,25,26)/t21-/m0/s1. The highest BCUT2D eigenvalue weighted by Gasteiger charge is 2.26. The lowest BCUT2D eigenvalue weighted by molar-refractivity contribution is -0.129. The fourth-order valence-electron chi connectivity index (χ4n) is 3.34. The van der Waals surface area contributed by atoms with E-state index in [2.05, 4.69) is 17.4 Å². The third-order valence-corrected chi connectivity index (χ3v) is 4.63. The van der Waals surface area contributed by atoms with Crippen LogP contribution in [0.3, 0.4) is 0 Å². The third kappa shape index (κ3) is 4.88. The predicted molar refractivity (Wildman–Crippen MR) is 111 cm³/mol. The molecule has 0 saturated carbocycles. The average molecular weight is 361 g/mol. The zero-order chi connectivity index (χ0) is 19.3. The Kier molecular flexibility index (Phi) is 5.80. The highest BCUT2D eigenvalue weighted by atomic mass is 16.5. The van der Waals surface area contributed by atoms with E-state index in [1.54, 1.807) is 0 Å². The van der Waals surface area contributed by atoms with E-state index >= 15 is 0 Å². The summed E-state index contributed by atoms with van der Waals surface area (Å²) in [7, 11) is 0. The van der Waals surface area contributed by atoms with E-state index in [9.17, 15) is 4.79 Å². The first-order valence-electron chi connectivity index (χ1n) is 9.49. The molecule has 3 rings (SSSR count). The fraction of sp³-hybridized carbons (Fsp3) is 0.292. The Morgan fingerprint density at radius 1 is 0.963 bits per heavy atom. The van der Waals surface area contributed by atoms with Crippen LogP contribution in [0.5, 0.6) is 5.75 Å². The summed E-state index contributed by atoms with van der Waals surface area (Å²) < 4.78 is 6.12. The quantitative estimate of drug-likeness (QED) is 0.633. The molecule has 140 valence electrons. The van der Waals surface area contributed by atoms with Crippen molar-refractivity contribution in [2.75, 3.05) is 0 Å². The fourth-order valence-corrected chi connectivity index (χ4v) is 3.34. The molecule has 3 aromatic carbocycles. The number of fused-ring (bicyclic) bond motifs is 1. The van der Waals surface area contributed by atoms with E-state index in [0.717, 1.165) is 22.9 Å². The molecule has 0 fully saturated rings. The van der Waals surface area contributed by atoms with Crippen LogP contribution in [0, 0.1) is 0 Å². The number of nitrogens with one attached hydrogen (secondary N) is 1. The van der Waals surface area contributed by atoms with Gasteiger partial charge in [0, 0.05) is 10.9 Å². The molecule has 0 aliphatic heterocycles. The number of hydrogen-bond acceptors (Lipinski definition) is 2. The molecule has 0 saturated heterocycles. The number of hydrogen-bond donors (Lipinski definition) is 1. The van der Waals surface area contributed by atoms with Crippen molar-refractivity contribution in [3.63, 3.8) is 0 Å². The molecule has 3 heteroatoms. The zero-order valence-corrected chi connectivity index (χ0v) is 16.2. The number of amides is 1. The largest absolute Gasteiger partial charge is 0.480 e. The average Bonchev–Trinajstić information content (AvgIpc) is 2.66. The van der Waals surface area contributed by atoms with Crippen molar-refractivity contribution < 1.29 is 9.53 Å². The van der Waals surface area contributed by atoms with Crippen LogP contribution < -0.4 is 10.1 Å². The van der Waals surface area contributed by atoms with Gasteiger partial charge in [0.15, 0.2) is 6.10 Å². The second-order valence-electron chi connectivity index (χ2n) is 7.53. The molecule has 0 unspecified atom stereocenters. The van der Waals surface area contributed by atoms with Crippen LogP contribution in [0.2, 0.25) is 0 Å². The minimum atomic E-state index is -0.522. The topological polar surface area (TPSA) is 38.3 Å². The summed E-state index contributed by atoms with van der Waals surface area (Å²) in [6.45, 7) is 6.06. The molecule has 0 aliphatic rings. The molecule has 1 amide bonds. The lowest BCUT2D eigenvalue weighted by Crippen LogP contribution is -2.50. The van der Waals surface area contributed by atoms with Crippen molar-refractivity contribution in [1.29, 1.82) is 0 Å². The summed E-state index contributed by atoms with van der Waals surface area (Å²) in [6.07, 6.45) is 0.853. The van der Waals surface area contributed by atoms with E-state index in [-0.39, 0.29) is 11.4 Å². The van der Waals surface area contributed by atoms with Crippen LogP contribution in [0.1, 0.15) is 32.8 Å². The lowest BCUT2D eigenvalue weighted by atomic mass is 9.94. The molecule has 1 N–H and O–H groups in total. The first-order valence-corrected chi connectivity index (χ1v) is 9.49. The van der Waals surface area contributed by atoms with Crippen molar-refractivity contribution in [2.24, 2.45) is 0 Å². The van der Waals surface area contributed by atoms with Crippen molar-refractivity contribution in [2.45, 2.75) is 45.3 Å². The van der Waals surface area contributed by atoms with Gasteiger partial charge in [0.05, 0.1) is 0 Å². The Hall–Kier alpha value is -2.81. The van der Waals surface area contributed by atoms with E-state index in [4.69, 9.17) is 4.74 Å². The zero-order valence-electron chi connectivity index (χ0n) is 16.2. The Labute approximate surface area is 161 Å². The molecular formula is C24H27NO2. The molecule has 0 spiro atoms. The van der Waals surface area contributed by atoms with Gasteiger partial charge in [-0.3, -0.25) is 4.79 Å². The van der Waals surface area contributed by atoms with Crippen LogP contribution in [0.25, 0.3) is 10.8 Å². The van der Waals surface area contributed by atoms with E-state index in [1.807, 2.05) is 81.4 Å². The first-order chi connectivity index (χ1) is 13.0. The lowest BCUT2D eigenvalue weighted by Gasteiger charge is -2.29. The highest BCUT2D eigenvalue weighted by molar-refractivity contribution is 5.89. The number of benzene rings is 3. The normalized spacial score (nSPS) is 12.6. The van der Waals surface area contributed by atoms with Gasteiger partial charge in [-0.2, -0.15) is 0 Å². The molecule has 1 atom stereocenters. The highest BCUT2D eigenvalue weighted by Crippen LogP contribution is 2.26. The van der Waals surface area contributed by atoms with Gasteiger partial charge in [0.2, 0.25) is 0 Å². The predicted octanol–water partition coefficient (Wildman–Crippen LogP) is 5.13. The molecule has 0 heterocycles. The summed E-state index contributed by atoms with van der Waals surface area (Å²) in [4.78, 5) is 12.9. The van der Waals surface area contributed by atoms with Crippen molar-refractivity contribution in [3.05, 3.63) is 78.4 Å². The summed E-state index contributed by atoms with van der Waals surface area (Å²) in [5.74, 6) is 0.669. The first kappa shape index (κ1) is 19.0. The van der Waals surface area contributed by atoms with Crippen molar-refractivity contribution in [1.82, 2.24) is 5.32 Å². The molecule has 0 radical (unpaired) electrons. The Bertz CT molecular complexity index is 897. The maximum Gasteiger partial charge on any atom is 0.261 e. The molecule has 0 bridgehead atoms. The van der Waals surface area contributed by atoms with E-state index in [0.29, 0.717) is 6.42 Å². The van der Waals surface area contributed by atoms with Gasteiger partial charge in [-0.25, -0.2) is 0 Å². The number of carbonyl (C=O) groups excluding carboxylic acids is 1. The summed E-state index contributed by atoms with van der Waals surface area (Å²) >= 11 is 0. The van der Waals surface area contributed by atoms with Gasteiger partial charge >= 0.3 is 0 Å². The van der Waals surface area contributed by atoms with Gasteiger partial charge in [0.25, 0.3) is 5.91 Å². The van der Waals surface area contributed by atoms with E-state index in [1.165, 1.54) is 5.56 Å². The maximum atomic E-state index is 12.9. The Morgan fingerprint density at radius 2 is 1.63 bits per heavy atom. The molecule has 27 heavy (non-hydrogen) atoms. The number of carbonyl (C=O) groups is 1. The molecule has 3 nitrogen and oxygen atoms in total. The van der Waals surface area contributed by atoms with E-state index < -0.39 is 6.10 Å². The summed E-state index contributed by atoms with van der Waals surface area (Å²) in [5, 5.41) is 5.29. The van der Waals surface area contributed by atoms with Crippen LogP contribution in [-0.4, -0.2) is 17.6 Å². The molecular weight excluding hydrogens is 334 g/mol. The summed E-state index contributed by atoms with van der Waals surface area (Å²) in [6, 6.07) is 24.2. The number of ether oxygens (including phenoxy) is 1. The van der Waals surface area contributed by atoms with Gasteiger partial charge in [0.1, 0.15) is 5.75 Å². The van der Waals surface area contributed by atoms with Crippen molar-refractivity contribution in [3.8, 4) is 5.75 Å². The maximum absolute atomic E-state index is 12.9. The second kappa shape index (κ2) is 8.26. The Balaban J connectivity index is 1.72. The smallest absolute Gasteiger partial charge is 0.261 e. The third-order valence-electron chi connectivity index (χ3n) is 4.63. The number of rotatable bonds is 7. The molecule has 3 aromatic rings.